The first-order valence-corrected chi connectivity index (χ1v) is 15.3. The highest BCUT2D eigenvalue weighted by Gasteiger charge is 2.91. The predicted molar refractivity (Wildman–Crippen MR) is 151 cm³/mol. The molecule has 0 spiro atoms. The van der Waals surface area contributed by atoms with Crippen LogP contribution in [0.4, 0.5) is 5.82 Å². The van der Waals surface area contributed by atoms with Crippen molar-refractivity contribution < 1.29 is 56.7 Å². The number of esters is 4. The molecule has 0 radical (unpaired) electrons. The van der Waals surface area contributed by atoms with Crippen LogP contribution in [0.25, 0.3) is 5.52 Å². The molecule has 3 N–H and O–H groups in total. The van der Waals surface area contributed by atoms with Gasteiger partial charge in [-0.05, 0) is 32.9 Å². The molecule has 246 valence electrons. The molecule has 1 saturated carbocycles. The summed E-state index contributed by atoms with van der Waals surface area (Å²) < 4.78 is 49.0. The molecule has 4 rings (SSSR count). The van der Waals surface area contributed by atoms with Crippen molar-refractivity contribution in [2.24, 2.45) is 0 Å². The Bertz CT molecular complexity index is 1550. The van der Waals surface area contributed by atoms with Crippen LogP contribution < -0.4 is 15.5 Å². The van der Waals surface area contributed by atoms with Crippen LogP contribution in [0.3, 0.4) is 0 Å². The third-order valence-corrected chi connectivity index (χ3v) is 9.38. The minimum atomic E-state index is -4.42. The van der Waals surface area contributed by atoms with E-state index in [9.17, 15) is 28.5 Å². The van der Waals surface area contributed by atoms with E-state index in [1.165, 1.54) is 38.5 Å². The molecule has 7 atom stereocenters. The number of fused-ring (bicyclic) bond motifs is 2. The smallest absolute Gasteiger partial charge is 0.342 e. The fraction of sp³-hybridized carbons (Fsp3) is 0.577. The van der Waals surface area contributed by atoms with Crippen LogP contribution >= 0.6 is 7.67 Å². The minimum absolute atomic E-state index is 0.204. The number of carbonyl (C=O) groups excluding carboxylic acids is 5. The van der Waals surface area contributed by atoms with Gasteiger partial charge >= 0.3 is 31.5 Å². The van der Waals surface area contributed by atoms with Gasteiger partial charge < -0.3 is 29.0 Å². The van der Waals surface area contributed by atoms with Crippen LogP contribution in [0.15, 0.2) is 18.5 Å². The van der Waals surface area contributed by atoms with E-state index in [4.69, 9.17) is 28.2 Å². The maximum Gasteiger partial charge on any atom is 0.342 e. The standard InChI is InChI=1S/C26H35N6O12P/c1-12(22(36)39-7)30-45(38,31-13(2)23(37)40-8)44-24-25(6)26(24,42-16(5)35)20(41-15(4)34)19(43-25)17-9-10-18-21(29-14(3)33)27-11-28-32(17)18/h9-13,19-20,24H,1-8H3,(H2,30,31,38)(H,27,28,29,33)/t12-,13-,19-,20-,24?,25+,26+/m0/s1. The topological polar surface area (TPSA) is 224 Å². The van der Waals surface area contributed by atoms with Gasteiger partial charge in [-0.25, -0.2) is 19.7 Å². The Labute approximate surface area is 257 Å². The summed E-state index contributed by atoms with van der Waals surface area (Å²) in [7, 11) is -2.16. The van der Waals surface area contributed by atoms with E-state index in [0.29, 0.717) is 11.2 Å². The van der Waals surface area contributed by atoms with Gasteiger partial charge in [-0.1, -0.05) is 0 Å². The first-order valence-electron chi connectivity index (χ1n) is 13.7. The molecule has 1 saturated heterocycles. The number of anilines is 1. The molecule has 1 amide bonds. The average Bonchev–Trinajstić information content (AvgIpc) is 3.23. The zero-order valence-corrected chi connectivity index (χ0v) is 26.7. The Hall–Kier alpha value is -3.96. The summed E-state index contributed by atoms with van der Waals surface area (Å²) in [5.41, 5.74) is -2.74. The summed E-state index contributed by atoms with van der Waals surface area (Å²) in [6.45, 7) is 7.79. The molecule has 1 aliphatic heterocycles. The SMILES string of the molecule is COC(=O)[C@H](C)NP(=O)(N[C@@H](C)C(=O)OC)OC1[C@@]2(C)O[C@@H](c3ccc4c(NC(C)=O)ncnn34)[C@H](OC(C)=O)[C@@]12OC(C)=O. The second-order valence-corrected chi connectivity index (χ2v) is 12.5. The average molecular weight is 655 g/mol. The van der Waals surface area contributed by atoms with Crippen LogP contribution in [0.5, 0.6) is 0 Å². The number of nitrogens with one attached hydrogen (secondary N) is 3. The third-order valence-electron chi connectivity index (χ3n) is 7.42. The zero-order chi connectivity index (χ0) is 33.5. The molecule has 18 nitrogen and oxygen atoms in total. The monoisotopic (exact) mass is 654 g/mol. The van der Waals surface area contributed by atoms with Crippen molar-refractivity contribution in [1.82, 2.24) is 24.8 Å². The van der Waals surface area contributed by atoms with Gasteiger partial charge in [-0.2, -0.15) is 5.10 Å². The Morgan fingerprint density at radius 3 is 2.11 bits per heavy atom. The summed E-state index contributed by atoms with van der Waals surface area (Å²) >= 11 is 0. The summed E-state index contributed by atoms with van der Waals surface area (Å²) in [4.78, 5) is 65.2. The lowest BCUT2D eigenvalue weighted by Gasteiger charge is -2.31. The van der Waals surface area contributed by atoms with Crippen molar-refractivity contribution in [3.05, 3.63) is 24.2 Å². The Kier molecular flexibility index (Phi) is 9.38. The van der Waals surface area contributed by atoms with Crippen molar-refractivity contribution in [2.45, 2.75) is 83.1 Å². The number of methoxy groups -OCH3 is 2. The molecule has 2 fully saturated rings. The largest absolute Gasteiger partial charge is 0.468 e. The summed E-state index contributed by atoms with van der Waals surface area (Å²) in [6.07, 6.45) is -2.67. The van der Waals surface area contributed by atoms with Crippen molar-refractivity contribution >= 4 is 48.8 Å². The van der Waals surface area contributed by atoms with E-state index in [1.807, 2.05) is 0 Å². The van der Waals surface area contributed by atoms with Gasteiger partial charge in [0.15, 0.2) is 11.9 Å². The molecule has 2 aliphatic rings. The van der Waals surface area contributed by atoms with Crippen LogP contribution in [-0.4, -0.2) is 94.1 Å². The highest BCUT2D eigenvalue weighted by Crippen LogP contribution is 2.70. The second-order valence-electron chi connectivity index (χ2n) is 10.7. The lowest BCUT2D eigenvalue weighted by molar-refractivity contribution is -0.174. The molecule has 1 unspecified atom stereocenters. The predicted octanol–water partition coefficient (Wildman–Crippen LogP) is 0.560. The van der Waals surface area contributed by atoms with E-state index in [1.54, 1.807) is 12.1 Å². The molecular weight excluding hydrogens is 619 g/mol. The maximum absolute atomic E-state index is 14.2. The number of hydrogen-bond acceptors (Lipinski definition) is 14. The molecule has 19 heteroatoms. The Morgan fingerprint density at radius 2 is 1.60 bits per heavy atom. The summed E-state index contributed by atoms with van der Waals surface area (Å²) in [5, 5.41) is 11.9. The quantitative estimate of drug-likeness (QED) is 0.161. The molecule has 2 aromatic heterocycles. The normalized spacial score (nSPS) is 26.7. The van der Waals surface area contributed by atoms with Gasteiger partial charge in [0, 0.05) is 20.8 Å². The zero-order valence-electron chi connectivity index (χ0n) is 25.8. The van der Waals surface area contributed by atoms with Gasteiger partial charge in [-0.3, -0.25) is 33.1 Å². The second kappa shape index (κ2) is 12.4. The van der Waals surface area contributed by atoms with Gasteiger partial charge in [0.1, 0.15) is 41.7 Å². The van der Waals surface area contributed by atoms with Crippen molar-refractivity contribution in [3.63, 3.8) is 0 Å². The highest BCUT2D eigenvalue weighted by atomic mass is 31.2. The maximum atomic E-state index is 14.2. The van der Waals surface area contributed by atoms with Gasteiger partial charge in [0.05, 0.1) is 19.9 Å². The van der Waals surface area contributed by atoms with Gasteiger partial charge in [0.25, 0.3) is 0 Å². The van der Waals surface area contributed by atoms with E-state index in [-0.39, 0.29) is 11.7 Å². The molecule has 2 aromatic rings. The lowest BCUT2D eigenvalue weighted by Crippen LogP contribution is -2.45. The summed E-state index contributed by atoms with van der Waals surface area (Å²) in [6, 6.07) is 0.817. The fourth-order valence-electron chi connectivity index (χ4n) is 5.51. The van der Waals surface area contributed by atoms with Crippen molar-refractivity contribution in [2.75, 3.05) is 19.5 Å². The third kappa shape index (κ3) is 6.15. The number of aromatic nitrogens is 3. The van der Waals surface area contributed by atoms with Crippen molar-refractivity contribution in [1.29, 1.82) is 0 Å². The first-order chi connectivity index (χ1) is 21.0. The molecule has 3 heterocycles. The Balaban J connectivity index is 1.78. The number of nitrogens with zero attached hydrogens (tertiary/aromatic N) is 3. The van der Waals surface area contributed by atoms with Gasteiger partial charge in [0.2, 0.25) is 11.5 Å². The number of hydrogen-bond donors (Lipinski definition) is 3. The van der Waals surface area contributed by atoms with E-state index in [2.05, 4.69) is 25.6 Å². The van der Waals surface area contributed by atoms with Gasteiger partial charge in [-0.15, -0.1) is 0 Å². The van der Waals surface area contributed by atoms with Crippen LogP contribution in [0, 0.1) is 0 Å². The lowest BCUT2D eigenvalue weighted by atomic mass is 10.0. The fourth-order valence-corrected chi connectivity index (χ4v) is 7.59. The number of amides is 1. The molecule has 0 bridgehead atoms. The van der Waals surface area contributed by atoms with E-state index < -0.39 is 73.1 Å². The van der Waals surface area contributed by atoms with Crippen LogP contribution in [-0.2, 0) is 56.7 Å². The molecule has 1 aliphatic carbocycles. The highest BCUT2D eigenvalue weighted by molar-refractivity contribution is 7.54. The van der Waals surface area contributed by atoms with Crippen molar-refractivity contribution in [3.8, 4) is 0 Å². The molecule has 0 aromatic carbocycles. The van der Waals surface area contributed by atoms with E-state index >= 15 is 0 Å². The number of carbonyl (C=O) groups is 5. The minimum Gasteiger partial charge on any atom is -0.468 e. The van der Waals surface area contributed by atoms with E-state index in [0.717, 1.165) is 28.1 Å². The first kappa shape index (κ1) is 33.9. The molecule has 45 heavy (non-hydrogen) atoms. The molecular formula is C26H35N6O12P. The number of rotatable bonds is 12. The van der Waals surface area contributed by atoms with Crippen LogP contribution in [0.2, 0.25) is 0 Å². The Morgan fingerprint density at radius 1 is 1.00 bits per heavy atom. The number of ether oxygens (including phenoxy) is 5. The van der Waals surface area contributed by atoms with Crippen LogP contribution in [0.1, 0.15) is 53.3 Å². The summed E-state index contributed by atoms with van der Waals surface area (Å²) in [5.74, 6) is -3.31.